The number of hydrogen-bond donors (Lipinski definition) is 2. The lowest BCUT2D eigenvalue weighted by Gasteiger charge is -2.30. The molecule has 1 fully saturated rings. The van der Waals surface area contributed by atoms with E-state index < -0.39 is 0 Å². The highest BCUT2D eigenvalue weighted by Crippen LogP contribution is 2.40. The van der Waals surface area contributed by atoms with Gasteiger partial charge in [-0.15, -0.1) is 11.3 Å². The van der Waals surface area contributed by atoms with Gasteiger partial charge in [-0.05, 0) is 12.5 Å². The molecule has 0 unspecified atom stereocenters. The van der Waals surface area contributed by atoms with Gasteiger partial charge < -0.3 is 20.7 Å². The van der Waals surface area contributed by atoms with Crippen molar-refractivity contribution >= 4 is 37.9 Å². The molecule has 0 aliphatic carbocycles. The molecule has 3 rings (SSSR count). The third-order valence-corrected chi connectivity index (χ3v) is 4.69. The van der Waals surface area contributed by atoms with Crippen molar-refractivity contribution in [1.82, 2.24) is 14.9 Å². The Kier molecular flexibility index (Phi) is 4.00. The molecule has 2 aromatic heterocycles. The number of fused-ring (bicyclic) bond motifs is 1. The van der Waals surface area contributed by atoms with E-state index in [0.29, 0.717) is 5.82 Å². The monoisotopic (exact) mass is 317 g/mol. The fourth-order valence-corrected chi connectivity index (χ4v) is 3.61. The second-order valence-corrected chi connectivity index (χ2v) is 6.21. The van der Waals surface area contributed by atoms with Gasteiger partial charge in [-0.1, -0.05) is 13.2 Å². The van der Waals surface area contributed by atoms with Gasteiger partial charge in [-0.3, -0.25) is 0 Å². The minimum absolute atomic E-state index is 0.488. The Morgan fingerprint density at radius 1 is 1.36 bits per heavy atom. The normalized spacial score (nSPS) is 15.0. The van der Waals surface area contributed by atoms with Crippen LogP contribution in [-0.2, 0) is 4.74 Å². The number of nitrogens with zero attached hydrogens (tertiary/aromatic N) is 3. The van der Waals surface area contributed by atoms with Gasteiger partial charge in [-0.25, -0.2) is 9.97 Å². The molecule has 0 spiro atoms. The fourth-order valence-electron chi connectivity index (χ4n) is 2.45. The zero-order valence-electron chi connectivity index (χ0n) is 12.6. The molecule has 0 atom stereocenters. The fraction of sp³-hybridized carbons (Fsp3) is 0.333. The van der Waals surface area contributed by atoms with Crippen LogP contribution < -0.4 is 11.1 Å². The molecule has 7 heteroatoms. The first-order chi connectivity index (χ1) is 10.6. The summed E-state index contributed by atoms with van der Waals surface area (Å²) in [4.78, 5) is 10.6. The summed E-state index contributed by atoms with van der Waals surface area (Å²) in [6.45, 7) is 13.3. The quantitative estimate of drug-likeness (QED) is 0.902. The predicted octanol–water partition coefficient (Wildman–Crippen LogP) is 2.52. The van der Waals surface area contributed by atoms with E-state index >= 15 is 0 Å². The second kappa shape index (κ2) is 5.94. The average molecular weight is 317 g/mol. The van der Waals surface area contributed by atoms with Crippen LogP contribution in [0.3, 0.4) is 0 Å². The number of ether oxygens (including phenoxy) is 1. The van der Waals surface area contributed by atoms with Crippen molar-refractivity contribution in [3.63, 3.8) is 0 Å². The predicted molar refractivity (Wildman–Crippen MR) is 91.7 cm³/mol. The van der Waals surface area contributed by atoms with Crippen LogP contribution in [0.25, 0.3) is 15.8 Å². The van der Waals surface area contributed by atoms with Gasteiger partial charge >= 0.3 is 0 Å². The van der Waals surface area contributed by atoms with Crippen LogP contribution in [0, 0.1) is 0 Å². The molecular weight excluding hydrogens is 298 g/mol. The smallest absolute Gasteiger partial charge is 0.144 e. The van der Waals surface area contributed by atoms with Crippen LogP contribution in [0.15, 0.2) is 25.3 Å². The van der Waals surface area contributed by atoms with E-state index in [-0.39, 0.29) is 0 Å². The zero-order chi connectivity index (χ0) is 15.7. The number of hydrogen-bond acceptors (Lipinski definition) is 7. The summed E-state index contributed by atoms with van der Waals surface area (Å²) in [7, 11) is 0. The van der Waals surface area contributed by atoms with Crippen LogP contribution in [0.4, 0.5) is 10.8 Å². The summed E-state index contributed by atoms with van der Waals surface area (Å²) in [5.41, 5.74) is 8.71. The highest BCUT2D eigenvalue weighted by molar-refractivity contribution is 7.23. The third kappa shape index (κ3) is 2.65. The minimum Gasteiger partial charge on any atom is -0.382 e. The number of nitrogens with one attached hydrogen (secondary N) is 1. The van der Waals surface area contributed by atoms with Gasteiger partial charge in [-0.2, -0.15) is 0 Å². The van der Waals surface area contributed by atoms with E-state index in [1.807, 2.05) is 6.92 Å². The molecule has 0 aromatic carbocycles. The number of nitrogen functional groups attached to an aromatic ring is 1. The molecule has 0 bridgehead atoms. The molecule has 6 nitrogen and oxygen atoms in total. The number of thiophene rings is 1. The molecule has 22 heavy (non-hydrogen) atoms. The summed E-state index contributed by atoms with van der Waals surface area (Å²) >= 11 is 1.53. The van der Waals surface area contributed by atoms with E-state index in [1.54, 1.807) is 0 Å². The molecule has 3 N–H and O–H groups in total. The van der Waals surface area contributed by atoms with E-state index in [1.165, 1.54) is 17.7 Å². The van der Waals surface area contributed by atoms with Crippen LogP contribution in [0.5, 0.6) is 0 Å². The first-order valence-electron chi connectivity index (χ1n) is 7.05. The van der Waals surface area contributed by atoms with Crippen molar-refractivity contribution in [2.24, 2.45) is 0 Å². The third-order valence-electron chi connectivity index (χ3n) is 3.58. The lowest BCUT2D eigenvalue weighted by Crippen LogP contribution is -2.37. The molecule has 0 radical (unpaired) electrons. The van der Waals surface area contributed by atoms with Crippen LogP contribution in [0.2, 0.25) is 0 Å². The molecule has 116 valence electrons. The standard InChI is InChI=1S/C15H19N5OS/c1-9(2)11-12-13(14(16)18-8-17-12)22-15(11)19-10(3)20-4-6-21-7-5-20/h8,19H,1,3-7H2,2H3,(H2,16,17,18). The molecule has 1 saturated heterocycles. The zero-order valence-corrected chi connectivity index (χ0v) is 13.4. The number of aromatic nitrogens is 2. The Balaban J connectivity index is 1.95. The van der Waals surface area contributed by atoms with Crippen LogP contribution in [-0.4, -0.2) is 41.2 Å². The van der Waals surface area contributed by atoms with Gasteiger partial charge in [0.2, 0.25) is 0 Å². The molecule has 3 heterocycles. The Labute approximate surface area is 133 Å². The van der Waals surface area contributed by atoms with Crippen LogP contribution in [0.1, 0.15) is 12.5 Å². The minimum atomic E-state index is 0.488. The van der Waals surface area contributed by atoms with E-state index in [9.17, 15) is 0 Å². The Hall–Kier alpha value is -2.12. The summed E-state index contributed by atoms with van der Waals surface area (Å²) in [6.07, 6.45) is 1.48. The molecule has 1 aliphatic heterocycles. The first-order valence-corrected chi connectivity index (χ1v) is 7.87. The Bertz CT molecular complexity index is 733. The molecule has 1 aliphatic rings. The maximum absolute atomic E-state index is 5.96. The summed E-state index contributed by atoms with van der Waals surface area (Å²) in [5.74, 6) is 1.34. The Morgan fingerprint density at radius 3 is 2.77 bits per heavy atom. The average Bonchev–Trinajstić information content (AvgIpc) is 2.87. The van der Waals surface area contributed by atoms with Gasteiger partial charge in [0.25, 0.3) is 0 Å². The van der Waals surface area contributed by atoms with Gasteiger partial charge in [0, 0.05) is 18.7 Å². The van der Waals surface area contributed by atoms with Crippen molar-refractivity contribution in [3.8, 4) is 0 Å². The van der Waals surface area contributed by atoms with Gasteiger partial charge in [0.1, 0.15) is 17.1 Å². The van der Waals surface area contributed by atoms with E-state index in [4.69, 9.17) is 10.5 Å². The second-order valence-electron chi connectivity index (χ2n) is 5.19. The Morgan fingerprint density at radius 2 is 2.09 bits per heavy atom. The first kappa shape index (κ1) is 14.8. The van der Waals surface area contributed by atoms with E-state index in [0.717, 1.165) is 58.5 Å². The van der Waals surface area contributed by atoms with Crippen molar-refractivity contribution < 1.29 is 4.74 Å². The van der Waals surface area contributed by atoms with E-state index in [2.05, 4.69) is 33.3 Å². The SMILES string of the molecule is C=C(C)c1c(NC(=C)N2CCOCC2)sc2c(N)ncnc12. The largest absolute Gasteiger partial charge is 0.382 e. The number of nitrogens with two attached hydrogens (primary N) is 1. The molecule has 2 aromatic rings. The van der Waals surface area contributed by atoms with Gasteiger partial charge in [0.05, 0.1) is 29.3 Å². The lowest BCUT2D eigenvalue weighted by molar-refractivity contribution is 0.0545. The lowest BCUT2D eigenvalue weighted by atomic mass is 10.1. The van der Waals surface area contributed by atoms with Crippen molar-refractivity contribution in [1.29, 1.82) is 0 Å². The number of allylic oxidation sites excluding steroid dienone is 1. The highest BCUT2D eigenvalue weighted by Gasteiger charge is 2.19. The maximum atomic E-state index is 5.96. The van der Waals surface area contributed by atoms with Crippen LogP contribution >= 0.6 is 11.3 Å². The topological polar surface area (TPSA) is 76.3 Å². The van der Waals surface area contributed by atoms with Crippen molar-refractivity contribution in [2.45, 2.75) is 6.92 Å². The van der Waals surface area contributed by atoms with Crippen molar-refractivity contribution in [2.75, 3.05) is 37.4 Å². The highest BCUT2D eigenvalue weighted by atomic mass is 32.1. The maximum Gasteiger partial charge on any atom is 0.144 e. The number of morpholine rings is 1. The summed E-state index contributed by atoms with van der Waals surface area (Å²) in [5, 5.41) is 4.34. The molecule has 0 amide bonds. The molecular formula is C15H19N5OS. The van der Waals surface area contributed by atoms with Crippen molar-refractivity contribution in [3.05, 3.63) is 30.9 Å². The number of rotatable bonds is 4. The summed E-state index contributed by atoms with van der Waals surface area (Å²) < 4.78 is 6.24. The van der Waals surface area contributed by atoms with Gasteiger partial charge in [0.15, 0.2) is 0 Å². The summed E-state index contributed by atoms with van der Waals surface area (Å²) in [6, 6.07) is 0. The molecule has 0 saturated carbocycles. The number of anilines is 2.